The van der Waals surface area contributed by atoms with Gasteiger partial charge in [0.05, 0.1) is 19.6 Å². The van der Waals surface area contributed by atoms with Crippen LogP contribution >= 0.6 is 0 Å². The normalized spacial score (nSPS) is 22.8. The number of esters is 1. The van der Waals surface area contributed by atoms with Crippen molar-refractivity contribution in [3.8, 4) is 0 Å². The van der Waals surface area contributed by atoms with Crippen molar-refractivity contribution in [2.45, 2.75) is 18.6 Å². The van der Waals surface area contributed by atoms with Gasteiger partial charge >= 0.3 is 12.1 Å². The molecule has 5 nitrogen and oxygen atoms in total. The molecule has 90 valence electrons. The predicted molar refractivity (Wildman–Crippen MR) is 59.2 cm³/mol. The molecule has 5 heteroatoms. The summed E-state index contributed by atoms with van der Waals surface area (Å²) in [4.78, 5) is 22.4. The van der Waals surface area contributed by atoms with Crippen molar-refractivity contribution in [1.82, 2.24) is 5.32 Å². The van der Waals surface area contributed by atoms with E-state index in [0.717, 1.165) is 5.56 Å². The second-order valence-corrected chi connectivity index (χ2v) is 3.77. The van der Waals surface area contributed by atoms with Crippen LogP contribution < -0.4 is 5.32 Å². The van der Waals surface area contributed by atoms with Crippen molar-refractivity contribution in [1.29, 1.82) is 0 Å². The lowest BCUT2D eigenvalue weighted by Crippen LogP contribution is -2.30. The summed E-state index contributed by atoms with van der Waals surface area (Å²) in [5.41, 5.74) is 0.861. The highest BCUT2D eigenvalue weighted by Crippen LogP contribution is 2.28. The van der Waals surface area contributed by atoms with Crippen LogP contribution in [0.4, 0.5) is 4.79 Å². The average Bonchev–Trinajstić information content (AvgIpc) is 2.71. The summed E-state index contributed by atoms with van der Waals surface area (Å²) in [6.45, 7) is 0. The Kier molecular flexibility index (Phi) is 3.27. The Hall–Kier alpha value is -2.04. The van der Waals surface area contributed by atoms with Crippen LogP contribution in [0.3, 0.4) is 0 Å². The molecule has 0 spiro atoms. The molecule has 1 aromatic rings. The highest BCUT2D eigenvalue weighted by molar-refractivity contribution is 5.75. The minimum Gasteiger partial charge on any atom is -0.469 e. The fourth-order valence-electron chi connectivity index (χ4n) is 1.82. The van der Waals surface area contributed by atoms with Crippen LogP contribution in [0, 0.1) is 0 Å². The lowest BCUT2D eigenvalue weighted by atomic mass is 10.0. The van der Waals surface area contributed by atoms with Crippen molar-refractivity contribution in [2.24, 2.45) is 0 Å². The quantitative estimate of drug-likeness (QED) is 0.804. The van der Waals surface area contributed by atoms with Gasteiger partial charge in [-0.15, -0.1) is 0 Å². The Morgan fingerprint density at radius 1 is 1.41 bits per heavy atom. The summed E-state index contributed by atoms with van der Waals surface area (Å²) in [6, 6.07) is 8.93. The molecule has 2 rings (SSSR count). The van der Waals surface area contributed by atoms with E-state index in [1.807, 2.05) is 30.3 Å². The van der Waals surface area contributed by atoms with Gasteiger partial charge in [-0.1, -0.05) is 30.3 Å². The first-order valence-corrected chi connectivity index (χ1v) is 5.29. The van der Waals surface area contributed by atoms with E-state index in [1.165, 1.54) is 7.11 Å². The van der Waals surface area contributed by atoms with Gasteiger partial charge in [0, 0.05) is 0 Å². The second-order valence-electron chi connectivity index (χ2n) is 3.77. The van der Waals surface area contributed by atoms with Crippen LogP contribution in [0.15, 0.2) is 30.3 Å². The zero-order valence-electron chi connectivity index (χ0n) is 9.38. The third-order valence-corrected chi connectivity index (χ3v) is 2.65. The van der Waals surface area contributed by atoms with Crippen molar-refractivity contribution in [2.75, 3.05) is 7.11 Å². The van der Waals surface area contributed by atoms with Crippen molar-refractivity contribution in [3.05, 3.63) is 35.9 Å². The van der Waals surface area contributed by atoms with Crippen LogP contribution in [0.25, 0.3) is 0 Å². The number of hydrogen-bond donors (Lipinski definition) is 1. The van der Waals surface area contributed by atoms with E-state index in [-0.39, 0.29) is 18.4 Å². The molecule has 2 atom stereocenters. The number of cyclic esters (lactones) is 1. The average molecular weight is 235 g/mol. The molecule has 1 N–H and O–H groups in total. The molecule has 1 aromatic carbocycles. The number of rotatable bonds is 3. The summed E-state index contributed by atoms with van der Waals surface area (Å²) >= 11 is 0. The smallest absolute Gasteiger partial charge is 0.408 e. The zero-order valence-corrected chi connectivity index (χ0v) is 9.38. The number of amides is 1. The molecule has 0 unspecified atom stereocenters. The van der Waals surface area contributed by atoms with Crippen molar-refractivity contribution < 1.29 is 19.1 Å². The van der Waals surface area contributed by atoms with Crippen molar-refractivity contribution >= 4 is 12.1 Å². The van der Waals surface area contributed by atoms with E-state index in [9.17, 15) is 9.59 Å². The zero-order chi connectivity index (χ0) is 12.3. The summed E-state index contributed by atoms with van der Waals surface area (Å²) in [7, 11) is 1.32. The third kappa shape index (κ3) is 2.55. The van der Waals surface area contributed by atoms with Gasteiger partial charge in [0.15, 0.2) is 0 Å². The maximum atomic E-state index is 11.2. The standard InChI is InChI=1S/C12H13NO4/c1-16-10(14)7-9-11(17-12(15)13-9)8-5-3-2-4-6-8/h2-6,9,11H,7H2,1H3,(H,13,15)/t9-,11+/m0/s1. The van der Waals surface area contributed by atoms with Crippen LogP contribution in [-0.4, -0.2) is 25.2 Å². The highest BCUT2D eigenvalue weighted by atomic mass is 16.6. The summed E-state index contributed by atoms with van der Waals surface area (Å²) in [5.74, 6) is -0.373. The number of methoxy groups -OCH3 is 1. The summed E-state index contributed by atoms with van der Waals surface area (Å²) in [5, 5.41) is 2.61. The number of ether oxygens (including phenoxy) is 2. The number of nitrogens with one attached hydrogen (secondary N) is 1. The Labute approximate surface area is 98.7 Å². The number of carbonyl (C=O) groups is 2. The Morgan fingerprint density at radius 2 is 2.12 bits per heavy atom. The molecule has 1 heterocycles. The van der Waals surface area contributed by atoms with E-state index >= 15 is 0 Å². The summed E-state index contributed by atoms with van der Waals surface area (Å²) < 4.78 is 9.73. The van der Waals surface area contributed by atoms with E-state index in [2.05, 4.69) is 10.1 Å². The molecule has 1 saturated heterocycles. The molecule has 1 aliphatic rings. The molecule has 1 fully saturated rings. The van der Waals surface area contributed by atoms with Gasteiger partial charge in [0.2, 0.25) is 0 Å². The summed E-state index contributed by atoms with van der Waals surface area (Å²) in [6.07, 6.45) is -0.850. The van der Waals surface area contributed by atoms with Crippen LogP contribution in [0.1, 0.15) is 18.1 Å². The first kappa shape index (κ1) is 11.4. The fourth-order valence-corrected chi connectivity index (χ4v) is 1.82. The van der Waals surface area contributed by atoms with Gasteiger partial charge in [0.1, 0.15) is 6.10 Å². The van der Waals surface area contributed by atoms with Crippen molar-refractivity contribution in [3.63, 3.8) is 0 Å². The van der Waals surface area contributed by atoms with Gasteiger partial charge in [0.25, 0.3) is 0 Å². The fraction of sp³-hybridized carbons (Fsp3) is 0.333. The number of alkyl carbamates (subject to hydrolysis) is 1. The van der Waals surface area contributed by atoms with Crippen LogP contribution in [-0.2, 0) is 14.3 Å². The monoisotopic (exact) mass is 235 g/mol. The maximum Gasteiger partial charge on any atom is 0.408 e. The lowest BCUT2D eigenvalue weighted by Gasteiger charge is -2.15. The Bertz CT molecular complexity index is 418. The molecule has 1 aliphatic heterocycles. The topological polar surface area (TPSA) is 64.6 Å². The highest BCUT2D eigenvalue weighted by Gasteiger charge is 2.36. The predicted octanol–water partition coefficient (Wildman–Crippen LogP) is 1.40. The molecule has 0 saturated carbocycles. The number of hydrogen-bond acceptors (Lipinski definition) is 4. The molecular formula is C12H13NO4. The van der Waals surface area contributed by atoms with Gasteiger partial charge in [-0.05, 0) is 5.56 Å². The molecule has 0 aromatic heterocycles. The Balaban J connectivity index is 2.14. The second kappa shape index (κ2) is 4.86. The minimum atomic E-state index is -0.507. The SMILES string of the molecule is COC(=O)C[C@@H]1NC(=O)O[C@@H]1c1ccccc1. The van der Waals surface area contributed by atoms with E-state index in [4.69, 9.17) is 4.74 Å². The van der Waals surface area contributed by atoms with Gasteiger partial charge in [-0.2, -0.15) is 0 Å². The molecule has 0 aliphatic carbocycles. The first-order chi connectivity index (χ1) is 8.20. The van der Waals surface area contributed by atoms with E-state index in [0.29, 0.717) is 0 Å². The number of benzene rings is 1. The molecular weight excluding hydrogens is 222 g/mol. The minimum absolute atomic E-state index is 0.0990. The molecule has 0 bridgehead atoms. The number of carbonyl (C=O) groups excluding carboxylic acids is 2. The van der Waals surface area contributed by atoms with E-state index in [1.54, 1.807) is 0 Å². The largest absolute Gasteiger partial charge is 0.469 e. The van der Waals surface area contributed by atoms with Crippen LogP contribution in [0.2, 0.25) is 0 Å². The van der Waals surface area contributed by atoms with Gasteiger partial charge < -0.3 is 14.8 Å². The van der Waals surface area contributed by atoms with Crippen LogP contribution in [0.5, 0.6) is 0 Å². The maximum absolute atomic E-state index is 11.2. The van der Waals surface area contributed by atoms with Gasteiger partial charge in [-0.3, -0.25) is 4.79 Å². The van der Waals surface area contributed by atoms with E-state index < -0.39 is 12.2 Å². The molecule has 1 amide bonds. The molecule has 17 heavy (non-hydrogen) atoms. The molecule has 0 radical (unpaired) electrons. The van der Waals surface area contributed by atoms with Gasteiger partial charge in [-0.25, -0.2) is 4.79 Å². The third-order valence-electron chi connectivity index (χ3n) is 2.65. The first-order valence-electron chi connectivity index (χ1n) is 5.29. The lowest BCUT2D eigenvalue weighted by molar-refractivity contribution is -0.141. The Morgan fingerprint density at radius 3 is 2.76 bits per heavy atom.